The zero-order valence-corrected chi connectivity index (χ0v) is 13.6. The minimum Gasteiger partial charge on any atom is -0.465 e. The SMILES string of the molecule is COC(=O)c1ccc(=O)oc1.COC(=O)c1coc(=O)c(Br)c1. The van der Waals surface area contributed by atoms with Crippen LogP contribution in [-0.2, 0) is 9.47 Å². The summed E-state index contributed by atoms with van der Waals surface area (Å²) in [4.78, 5) is 42.7. The second-order valence-corrected chi connectivity index (χ2v) is 4.65. The van der Waals surface area contributed by atoms with Crippen LogP contribution in [0.25, 0.3) is 0 Å². The number of hydrogen-bond acceptors (Lipinski definition) is 8. The van der Waals surface area contributed by atoms with Crippen LogP contribution in [0.3, 0.4) is 0 Å². The maximum absolute atomic E-state index is 10.9. The molecule has 122 valence electrons. The molecule has 0 spiro atoms. The molecule has 0 fully saturated rings. The van der Waals surface area contributed by atoms with Crippen molar-refractivity contribution in [1.29, 1.82) is 0 Å². The zero-order valence-electron chi connectivity index (χ0n) is 12.0. The molecule has 0 unspecified atom stereocenters. The Kier molecular flexibility index (Phi) is 6.94. The molecule has 0 saturated heterocycles. The Balaban J connectivity index is 0.000000231. The van der Waals surface area contributed by atoms with Gasteiger partial charge in [-0.25, -0.2) is 19.2 Å². The van der Waals surface area contributed by atoms with Crippen molar-refractivity contribution in [3.05, 3.63) is 67.2 Å². The predicted molar refractivity (Wildman–Crippen MR) is 80.3 cm³/mol. The summed E-state index contributed by atoms with van der Waals surface area (Å²) >= 11 is 2.93. The maximum atomic E-state index is 10.9. The molecule has 2 aromatic rings. The first kappa shape index (κ1) is 18.4. The van der Waals surface area contributed by atoms with Gasteiger partial charge in [0.15, 0.2) is 0 Å². The fourth-order valence-corrected chi connectivity index (χ4v) is 1.56. The van der Waals surface area contributed by atoms with E-state index in [0.717, 1.165) is 18.6 Å². The second-order valence-electron chi connectivity index (χ2n) is 3.80. The lowest BCUT2D eigenvalue weighted by atomic mass is 10.3. The van der Waals surface area contributed by atoms with Crippen molar-refractivity contribution >= 4 is 27.9 Å². The van der Waals surface area contributed by atoms with Crippen molar-refractivity contribution < 1.29 is 27.9 Å². The second kappa shape index (κ2) is 8.69. The minimum atomic E-state index is -0.542. The van der Waals surface area contributed by atoms with Crippen LogP contribution in [0.5, 0.6) is 0 Å². The third-order valence-electron chi connectivity index (χ3n) is 2.31. The quantitative estimate of drug-likeness (QED) is 0.715. The number of esters is 2. The molecule has 0 aliphatic heterocycles. The highest BCUT2D eigenvalue weighted by Gasteiger charge is 2.08. The molecule has 0 radical (unpaired) electrons. The van der Waals surface area contributed by atoms with Gasteiger partial charge < -0.3 is 18.3 Å². The normalized spacial score (nSPS) is 9.35. The van der Waals surface area contributed by atoms with Crippen molar-refractivity contribution in [2.24, 2.45) is 0 Å². The highest BCUT2D eigenvalue weighted by molar-refractivity contribution is 9.10. The number of rotatable bonds is 2. The molecular formula is C14H11BrO8. The number of ether oxygens (including phenoxy) is 2. The van der Waals surface area contributed by atoms with Gasteiger partial charge in [0.1, 0.15) is 17.0 Å². The molecule has 8 nitrogen and oxygen atoms in total. The average Bonchev–Trinajstić information content (AvgIpc) is 2.57. The predicted octanol–water partition coefficient (Wildman–Crippen LogP) is 1.62. The van der Waals surface area contributed by atoms with Crippen LogP contribution in [0.15, 0.2) is 53.6 Å². The van der Waals surface area contributed by atoms with Gasteiger partial charge in [-0.2, -0.15) is 0 Å². The van der Waals surface area contributed by atoms with Crippen LogP contribution in [0, 0.1) is 0 Å². The Bertz CT molecular complexity index is 784. The molecule has 2 rings (SSSR count). The lowest BCUT2D eigenvalue weighted by Crippen LogP contribution is -2.05. The summed E-state index contributed by atoms with van der Waals surface area (Å²) in [7, 11) is 2.51. The largest absolute Gasteiger partial charge is 0.465 e. The number of hydrogen-bond donors (Lipinski definition) is 0. The summed E-state index contributed by atoms with van der Waals surface area (Å²) in [5.74, 6) is -1.06. The van der Waals surface area contributed by atoms with Crippen LogP contribution >= 0.6 is 15.9 Å². The first-order valence-corrected chi connectivity index (χ1v) is 6.72. The van der Waals surface area contributed by atoms with E-state index in [2.05, 4.69) is 34.2 Å². The van der Waals surface area contributed by atoms with Gasteiger partial charge in [-0.15, -0.1) is 0 Å². The molecule has 0 bridgehead atoms. The molecule has 2 heterocycles. The molecule has 0 aromatic carbocycles. The summed E-state index contributed by atoms with van der Waals surface area (Å²) in [6.07, 6.45) is 2.12. The zero-order chi connectivity index (χ0) is 17.4. The Morgan fingerprint density at radius 3 is 2.00 bits per heavy atom. The van der Waals surface area contributed by atoms with E-state index >= 15 is 0 Å². The van der Waals surface area contributed by atoms with Crippen molar-refractivity contribution in [3.63, 3.8) is 0 Å². The molecule has 0 atom stereocenters. The first-order chi connectivity index (χ1) is 10.9. The van der Waals surface area contributed by atoms with Crippen molar-refractivity contribution in [2.45, 2.75) is 0 Å². The molecule has 9 heteroatoms. The number of carbonyl (C=O) groups is 2. The van der Waals surface area contributed by atoms with Crippen LogP contribution in [-0.4, -0.2) is 26.2 Å². The number of carbonyl (C=O) groups excluding carboxylic acids is 2. The smallest absolute Gasteiger partial charge is 0.350 e. The third-order valence-corrected chi connectivity index (χ3v) is 2.87. The molecule has 0 amide bonds. The van der Waals surface area contributed by atoms with Gasteiger partial charge in [-0.3, -0.25) is 0 Å². The lowest BCUT2D eigenvalue weighted by molar-refractivity contribution is 0.0588. The molecule has 23 heavy (non-hydrogen) atoms. The van der Waals surface area contributed by atoms with Gasteiger partial charge >= 0.3 is 23.2 Å². The van der Waals surface area contributed by atoms with E-state index < -0.39 is 23.2 Å². The summed E-state index contributed by atoms with van der Waals surface area (Å²) in [6.45, 7) is 0. The summed E-state index contributed by atoms with van der Waals surface area (Å²) in [5.41, 5.74) is -0.587. The molecule has 0 saturated carbocycles. The highest BCUT2D eigenvalue weighted by Crippen LogP contribution is 2.07. The topological polar surface area (TPSA) is 113 Å². The van der Waals surface area contributed by atoms with E-state index in [1.54, 1.807) is 0 Å². The number of halogens is 1. The monoisotopic (exact) mass is 386 g/mol. The van der Waals surface area contributed by atoms with Gasteiger partial charge in [0.05, 0.1) is 25.3 Å². The molecule has 0 N–H and O–H groups in total. The molecular weight excluding hydrogens is 376 g/mol. The van der Waals surface area contributed by atoms with Crippen LogP contribution < -0.4 is 11.3 Å². The lowest BCUT2D eigenvalue weighted by Gasteiger charge is -1.96. The van der Waals surface area contributed by atoms with Crippen molar-refractivity contribution in [3.8, 4) is 0 Å². The standard InChI is InChI=1S/C7H5BrO4.C7H6O4/c1-11-6(9)4-2-5(8)7(10)12-3-4;1-10-7(9)5-2-3-6(8)11-4-5/h2-3H,1H3;2-4H,1H3. The summed E-state index contributed by atoms with van der Waals surface area (Å²) < 4.78 is 17.9. The van der Waals surface area contributed by atoms with Gasteiger partial charge in [-0.05, 0) is 28.1 Å². The van der Waals surface area contributed by atoms with E-state index in [0.29, 0.717) is 0 Å². The molecule has 0 aliphatic rings. The Morgan fingerprint density at radius 2 is 1.52 bits per heavy atom. The van der Waals surface area contributed by atoms with Gasteiger partial charge in [0.25, 0.3) is 0 Å². The summed E-state index contributed by atoms with van der Waals surface area (Å²) in [5, 5.41) is 0. The Morgan fingerprint density at radius 1 is 0.957 bits per heavy atom. The van der Waals surface area contributed by atoms with Crippen LogP contribution in [0.1, 0.15) is 20.7 Å². The van der Waals surface area contributed by atoms with E-state index in [1.807, 2.05) is 0 Å². The van der Waals surface area contributed by atoms with Crippen molar-refractivity contribution in [2.75, 3.05) is 14.2 Å². The van der Waals surface area contributed by atoms with Gasteiger partial charge in [0, 0.05) is 6.07 Å². The average molecular weight is 387 g/mol. The van der Waals surface area contributed by atoms with E-state index in [4.69, 9.17) is 0 Å². The van der Waals surface area contributed by atoms with E-state index in [-0.39, 0.29) is 15.6 Å². The van der Waals surface area contributed by atoms with Gasteiger partial charge in [-0.1, -0.05) is 0 Å². The Hall–Kier alpha value is -2.68. The van der Waals surface area contributed by atoms with Gasteiger partial charge in [0.2, 0.25) is 0 Å². The van der Waals surface area contributed by atoms with Crippen LogP contribution in [0.2, 0.25) is 0 Å². The molecule has 2 aromatic heterocycles. The molecule has 0 aliphatic carbocycles. The first-order valence-electron chi connectivity index (χ1n) is 5.93. The number of methoxy groups -OCH3 is 2. The maximum Gasteiger partial charge on any atom is 0.350 e. The van der Waals surface area contributed by atoms with E-state index in [9.17, 15) is 19.2 Å². The Labute approximate surface area is 137 Å². The fourth-order valence-electron chi connectivity index (χ4n) is 1.22. The van der Waals surface area contributed by atoms with E-state index in [1.165, 1.54) is 26.4 Å². The highest BCUT2D eigenvalue weighted by atomic mass is 79.9. The van der Waals surface area contributed by atoms with Crippen molar-refractivity contribution in [1.82, 2.24) is 0 Å². The summed E-state index contributed by atoms with van der Waals surface area (Å²) in [6, 6.07) is 3.85. The van der Waals surface area contributed by atoms with Crippen LogP contribution in [0.4, 0.5) is 0 Å². The third kappa shape index (κ3) is 5.55. The fraction of sp³-hybridized carbons (Fsp3) is 0.143. The minimum absolute atomic E-state index is 0.198.